The Morgan fingerprint density at radius 2 is 1.95 bits per heavy atom. The van der Waals surface area contributed by atoms with Crippen molar-refractivity contribution < 1.29 is 9.53 Å². The van der Waals surface area contributed by atoms with Gasteiger partial charge >= 0.3 is 0 Å². The number of unbranched alkanes of at least 4 members (excludes halogenated alkanes) is 1. The van der Waals surface area contributed by atoms with E-state index >= 15 is 0 Å². The zero-order valence-electron chi connectivity index (χ0n) is 13.8. The number of carbonyl (C=O) groups excluding carboxylic acids is 1. The number of carbonyl (C=O) groups is 1. The first kappa shape index (κ1) is 19.4. The molecule has 0 aliphatic heterocycles. The van der Waals surface area contributed by atoms with Crippen LogP contribution >= 0.6 is 0 Å². The van der Waals surface area contributed by atoms with Crippen molar-refractivity contribution >= 4 is 5.91 Å². The predicted octanol–water partition coefficient (Wildman–Crippen LogP) is 2.71. The lowest BCUT2D eigenvalue weighted by Crippen LogP contribution is -2.29. The summed E-state index contributed by atoms with van der Waals surface area (Å²) in [5, 5.41) is 2.91. The van der Waals surface area contributed by atoms with E-state index in [0.717, 1.165) is 32.3 Å². The lowest BCUT2D eigenvalue weighted by molar-refractivity contribution is -0.121. The molecule has 3 N–H and O–H groups in total. The van der Waals surface area contributed by atoms with Crippen LogP contribution < -0.4 is 11.1 Å². The highest BCUT2D eigenvalue weighted by atomic mass is 16.5. The van der Waals surface area contributed by atoms with Crippen LogP contribution in [0, 0.1) is 11.3 Å². The van der Waals surface area contributed by atoms with Crippen LogP contribution in [0.25, 0.3) is 0 Å². The highest BCUT2D eigenvalue weighted by molar-refractivity contribution is 5.75. The molecule has 0 rings (SSSR count). The Labute approximate surface area is 124 Å². The van der Waals surface area contributed by atoms with Crippen LogP contribution in [-0.2, 0) is 9.53 Å². The van der Waals surface area contributed by atoms with Gasteiger partial charge in [-0.2, -0.15) is 0 Å². The molecule has 0 radical (unpaired) electrons. The number of nitrogens with two attached hydrogens (primary N) is 1. The topological polar surface area (TPSA) is 64.3 Å². The molecule has 0 aliphatic rings. The molecule has 0 aliphatic carbocycles. The molecule has 0 aromatic rings. The molecule has 0 heterocycles. The molecule has 0 bridgehead atoms. The number of hydrogen-bond donors (Lipinski definition) is 2. The maximum Gasteiger partial charge on any atom is 0.220 e. The molecule has 120 valence electrons. The largest absolute Gasteiger partial charge is 0.380 e. The van der Waals surface area contributed by atoms with Gasteiger partial charge in [0, 0.05) is 19.6 Å². The van der Waals surface area contributed by atoms with Crippen LogP contribution in [0.5, 0.6) is 0 Å². The van der Waals surface area contributed by atoms with Gasteiger partial charge in [-0.15, -0.1) is 0 Å². The molecule has 4 heteroatoms. The lowest BCUT2D eigenvalue weighted by Gasteiger charge is -2.30. The summed E-state index contributed by atoms with van der Waals surface area (Å²) in [5.74, 6) is 0.620. The van der Waals surface area contributed by atoms with Gasteiger partial charge in [-0.3, -0.25) is 4.79 Å². The Morgan fingerprint density at radius 1 is 1.25 bits per heavy atom. The predicted molar refractivity (Wildman–Crippen MR) is 84.6 cm³/mol. The van der Waals surface area contributed by atoms with Crippen molar-refractivity contribution in [1.29, 1.82) is 0 Å². The smallest absolute Gasteiger partial charge is 0.220 e. The minimum atomic E-state index is 0.121. The highest BCUT2D eigenvalue weighted by Gasteiger charge is 2.24. The van der Waals surface area contributed by atoms with Crippen LogP contribution in [0.4, 0.5) is 0 Å². The third-order valence-corrected chi connectivity index (χ3v) is 3.67. The third kappa shape index (κ3) is 10.2. The monoisotopic (exact) mass is 286 g/mol. The number of ether oxygens (including phenoxy) is 1. The maximum absolute atomic E-state index is 11.8. The van der Waals surface area contributed by atoms with E-state index in [2.05, 4.69) is 33.0 Å². The second-order valence-corrected chi connectivity index (χ2v) is 6.49. The van der Waals surface area contributed by atoms with E-state index in [9.17, 15) is 4.79 Å². The van der Waals surface area contributed by atoms with Crippen LogP contribution in [0.1, 0.15) is 59.8 Å². The Kier molecular flexibility index (Phi) is 10.8. The van der Waals surface area contributed by atoms with E-state index in [-0.39, 0.29) is 11.3 Å². The molecule has 1 atom stereocenters. The van der Waals surface area contributed by atoms with E-state index in [4.69, 9.17) is 10.5 Å². The van der Waals surface area contributed by atoms with Gasteiger partial charge < -0.3 is 15.8 Å². The van der Waals surface area contributed by atoms with Crippen LogP contribution in [0.2, 0.25) is 0 Å². The van der Waals surface area contributed by atoms with Gasteiger partial charge in [0.15, 0.2) is 0 Å². The summed E-state index contributed by atoms with van der Waals surface area (Å²) in [7, 11) is 0. The minimum Gasteiger partial charge on any atom is -0.380 e. The van der Waals surface area contributed by atoms with Gasteiger partial charge in [0.25, 0.3) is 0 Å². The van der Waals surface area contributed by atoms with Gasteiger partial charge in [0.05, 0.1) is 6.61 Å². The van der Waals surface area contributed by atoms with Gasteiger partial charge in [-0.25, -0.2) is 0 Å². The fourth-order valence-electron chi connectivity index (χ4n) is 2.22. The maximum atomic E-state index is 11.8. The minimum absolute atomic E-state index is 0.121. The van der Waals surface area contributed by atoms with E-state index in [1.165, 1.54) is 0 Å². The molecule has 1 unspecified atom stereocenters. The molecule has 0 spiro atoms. The van der Waals surface area contributed by atoms with Crippen molar-refractivity contribution in [1.82, 2.24) is 5.32 Å². The fraction of sp³-hybridized carbons (Fsp3) is 0.938. The van der Waals surface area contributed by atoms with Crippen LogP contribution in [0.15, 0.2) is 0 Å². The molecule has 0 aromatic carbocycles. The summed E-state index contributed by atoms with van der Waals surface area (Å²) in [4.78, 5) is 11.8. The van der Waals surface area contributed by atoms with Crippen molar-refractivity contribution in [3.8, 4) is 0 Å². The first-order valence-electron chi connectivity index (χ1n) is 7.96. The summed E-state index contributed by atoms with van der Waals surface area (Å²) >= 11 is 0. The average molecular weight is 286 g/mol. The lowest BCUT2D eigenvalue weighted by atomic mass is 9.76. The van der Waals surface area contributed by atoms with Crippen molar-refractivity contribution in [2.45, 2.75) is 59.8 Å². The van der Waals surface area contributed by atoms with Gasteiger partial charge in [-0.1, -0.05) is 34.1 Å². The molecule has 4 nitrogen and oxygen atoms in total. The van der Waals surface area contributed by atoms with E-state index < -0.39 is 0 Å². The first-order chi connectivity index (χ1) is 9.41. The van der Waals surface area contributed by atoms with Gasteiger partial charge in [-0.05, 0) is 37.1 Å². The van der Waals surface area contributed by atoms with Crippen LogP contribution in [0.3, 0.4) is 0 Å². The van der Waals surface area contributed by atoms with E-state index in [1.54, 1.807) is 0 Å². The molecular weight excluding hydrogens is 252 g/mol. The number of rotatable bonds is 11. The summed E-state index contributed by atoms with van der Waals surface area (Å²) in [6.07, 6.45) is 4.69. The molecule has 0 saturated heterocycles. The molecule has 0 saturated carbocycles. The molecule has 20 heavy (non-hydrogen) atoms. The quantitative estimate of drug-likeness (QED) is 0.574. The first-order valence-corrected chi connectivity index (χ1v) is 7.96. The Hall–Kier alpha value is -0.610. The zero-order valence-corrected chi connectivity index (χ0v) is 13.8. The second kappa shape index (κ2) is 11.1. The normalized spacial score (nSPS) is 13.2. The standard InChI is InChI=1S/C16H34N2O2/c1-5-6-12-20-13-11-18-15(19)8-7-14(9-10-17)16(2,3)4/h14H,5-13,17H2,1-4H3,(H,18,19). The van der Waals surface area contributed by atoms with Gasteiger partial charge in [0.1, 0.15) is 0 Å². The molecular formula is C16H34N2O2. The molecule has 1 amide bonds. The Morgan fingerprint density at radius 3 is 2.50 bits per heavy atom. The Bertz CT molecular complexity index is 249. The SMILES string of the molecule is CCCCOCCNC(=O)CCC(CCN)C(C)(C)C. The van der Waals surface area contributed by atoms with Crippen LogP contribution in [-0.4, -0.2) is 32.2 Å². The van der Waals surface area contributed by atoms with Gasteiger partial charge in [0.2, 0.25) is 5.91 Å². The third-order valence-electron chi connectivity index (χ3n) is 3.67. The van der Waals surface area contributed by atoms with Crippen molar-refractivity contribution in [2.24, 2.45) is 17.1 Å². The summed E-state index contributed by atoms with van der Waals surface area (Å²) < 4.78 is 5.41. The molecule has 0 fully saturated rings. The Balaban J connectivity index is 3.74. The summed E-state index contributed by atoms with van der Waals surface area (Å²) in [6, 6.07) is 0. The molecule has 0 aromatic heterocycles. The number of nitrogens with one attached hydrogen (secondary N) is 1. The fourth-order valence-corrected chi connectivity index (χ4v) is 2.22. The van der Waals surface area contributed by atoms with Crippen molar-refractivity contribution in [2.75, 3.05) is 26.3 Å². The van der Waals surface area contributed by atoms with Crippen molar-refractivity contribution in [3.63, 3.8) is 0 Å². The average Bonchev–Trinajstić information content (AvgIpc) is 2.37. The van der Waals surface area contributed by atoms with E-state index in [0.29, 0.717) is 32.0 Å². The zero-order chi connectivity index (χ0) is 15.4. The summed E-state index contributed by atoms with van der Waals surface area (Å²) in [6.45, 7) is 11.5. The van der Waals surface area contributed by atoms with Crippen molar-refractivity contribution in [3.05, 3.63) is 0 Å². The second-order valence-electron chi connectivity index (χ2n) is 6.49. The highest BCUT2D eigenvalue weighted by Crippen LogP contribution is 2.31. The summed E-state index contributed by atoms with van der Waals surface area (Å²) in [5.41, 5.74) is 5.86. The van der Waals surface area contributed by atoms with E-state index in [1.807, 2.05) is 0 Å². The number of hydrogen-bond acceptors (Lipinski definition) is 3. The number of amides is 1.